The zero-order chi connectivity index (χ0) is 17.4. The number of nitrogens with zero attached hydrogens (tertiary/aromatic N) is 2. The van der Waals surface area contributed by atoms with Gasteiger partial charge in [0.1, 0.15) is 16.5 Å². The number of halogens is 1. The molecule has 6 heteroatoms. The number of fused-ring (bicyclic) bond motifs is 1. The molecular formula is C19H20FN3OS. The van der Waals surface area contributed by atoms with Crippen LogP contribution in [0, 0.1) is 11.7 Å². The minimum Gasteiger partial charge on any atom is -0.309 e. The Balaban J connectivity index is 1.65. The number of aromatic amines is 1. The smallest absolute Gasteiger partial charge is 0.260 e. The maximum Gasteiger partial charge on any atom is 0.260 e. The van der Waals surface area contributed by atoms with E-state index in [1.807, 2.05) is 5.38 Å². The number of aromatic nitrogens is 2. The minimum absolute atomic E-state index is 0.119. The first-order valence-corrected chi connectivity index (χ1v) is 9.47. The first kappa shape index (κ1) is 16.4. The Labute approximate surface area is 149 Å². The summed E-state index contributed by atoms with van der Waals surface area (Å²) in [5, 5.41) is 2.51. The predicted molar refractivity (Wildman–Crippen MR) is 99.3 cm³/mol. The Hall–Kier alpha value is -2.05. The lowest BCUT2D eigenvalue weighted by Crippen LogP contribution is -2.33. The molecule has 3 aromatic rings. The van der Waals surface area contributed by atoms with Gasteiger partial charge in [-0.1, -0.05) is 19.1 Å². The van der Waals surface area contributed by atoms with Crippen molar-refractivity contribution in [2.24, 2.45) is 5.92 Å². The number of benzene rings is 1. The molecule has 2 aromatic heterocycles. The summed E-state index contributed by atoms with van der Waals surface area (Å²) < 4.78 is 13.1. The van der Waals surface area contributed by atoms with E-state index in [2.05, 4.69) is 21.8 Å². The summed E-state index contributed by atoms with van der Waals surface area (Å²) >= 11 is 1.46. The Morgan fingerprint density at radius 1 is 1.28 bits per heavy atom. The van der Waals surface area contributed by atoms with Gasteiger partial charge in [0.2, 0.25) is 0 Å². The highest BCUT2D eigenvalue weighted by Crippen LogP contribution is 2.30. The lowest BCUT2D eigenvalue weighted by Gasteiger charge is -2.29. The van der Waals surface area contributed by atoms with Gasteiger partial charge in [-0.05, 0) is 49.5 Å². The fraction of sp³-hybridized carbons (Fsp3) is 0.368. The number of thiophene rings is 1. The minimum atomic E-state index is -0.284. The molecule has 0 bridgehead atoms. The van der Waals surface area contributed by atoms with Gasteiger partial charge in [-0.25, -0.2) is 9.37 Å². The van der Waals surface area contributed by atoms with Crippen molar-refractivity contribution in [1.82, 2.24) is 14.9 Å². The second-order valence-corrected chi connectivity index (χ2v) is 7.67. The summed E-state index contributed by atoms with van der Waals surface area (Å²) in [6, 6.07) is 6.20. The summed E-state index contributed by atoms with van der Waals surface area (Å²) in [7, 11) is 0. The molecule has 0 aliphatic carbocycles. The number of piperidine rings is 1. The zero-order valence-corrected chi connectivity index (χ0v) is 14.9. The van der Waals surface area contributed by atoms with Gasteiger partial charge in [0.05, 0.1) is 11.9 Å². The van der Waals surface area contributed by atoms with Crippen LogP contribution in [0.3, 0.4) is 0 Å². The highest BCUT2D eigenvalue weighted by atomic mass is 32.1. The summed E-state index contributed by atoms with van der Waals surface area (Å²) in [6.07, 6.45) is 2.39. The van der Waals surface area contributed by atoms with Crippen LogP contribution in [0.2, 0.25) is 0 Å². The molecule has 1 aliphatic heterocycles. The monoisotopic (exact) mass is 357 g/mol. The van der Waals surface area contributed by atoms with E-state index in [1.165, 1.54) is 36.3 Å². The molecule has 1 N–H and O–H groups in total. The number of hydrogen-bond acceptors (Lipinski definition) is 4. The number of hydrogen-bond donors (Lipinski definition) is 1. The molecule has 1 aliphatic rings. The molecular weight excluding hydrogens is 337 g/mol. The number of nitrogens with one attached hydrogen (secondary N) is 1. The van der Waals surface area contributed by atoms with Crippen molar-refractivity contribution in [3.8, 4) is 11.1 Å². The normalized spacial score (nSPS) is 16.6. The van der Waals surface area contributed by atoms with E-state index in [-0.39, 0.29) is 11.4 Å². The number of rotatable bonds is 3. The molecule has 25 heavy (non-hydrogen) atoms. The fourth-order valence-electron chi connectivity index (χ4n) is 3.34. The van der Waals surface area contributed by atoms with E-state index < -0.39 is 0 Å². The molecule has 130 valence electrons. The lowest BCUT2D eigenvalue weighted by atomic mass is 9.99. The van der Waals surface area contributed by atoms with Gasteiger partial charge in [0.15, 0.2) is 0 Å². The van der Waals surface area contributed by atoms with Crippen molar-refractivity contribution in [1.29, 1.82) is 0 Å². The highest BCUT2D eigenvalue weighted by molar-refractivity contribution is 7.17. The Bertz CT molecular complexity index is 939. The molecule has 1 fully saturated rings. The molecule has 1 saturated heterocycles. The van der Waals surface area contributed by atoms with Crippen LogP contribution in [-0.2, 0) is 6.54 Å². The molecule has 0 atom stereocenters. The van der Waals surface area contributed by atoms with E-state index in [1.54, 1.807) is 12.1 Å². The molecule has 0 unspecified atom stereocenters. The van der Waals surface area contributed by atoms with Crippen LogP contribution in [0.5, 0.6) is 0 Å². The predicted octanol–water partition coefficient (Wildman–Crippen LogP) is 4.02. The number of likely N-dealkylation sites (tertiary alicyclic amines) is 1. The Kier molecular flexibility index (Phi) is 4.39. The van der Waals surface area contributed by atoms with Gasteiger partial charge in [0.25, 0.3) is 5.56 Å². The summed E-state index contributed by atoms with van der Waals surface area (Å²) in [4.78, 5) is 23.3. The number of H-pyrrole nitrogens is 1. The van der Waals surface area contributed by atoms with Crippen LogP contribution in [0.25, 0.3) is 21.3 Å². The first-order chi connectivity index (χ1) is 12.1. The lowest BCUT2D eigenvalue weighted by molar-refractivity contribution is 0.181. The molecule has 4 rings (SSSR count). The molecule has 0 saturated carbocycles. The van der Waals surface area contributed by atoms with Crippen LogP contribution < -0.4 is 5.56 Å². The van der Waals surface area contributed by atoms with Gasteiger partial charge in [-0.2, -0.15) is 0 Å². The fourth-order valence-corrected chi connectivity index (χ4v) is 4.31. The van der Waals surface area contributed by atoms with Gasteiger partial charge in [0, 0.05) is 10.9 Å². The average molecular weight is 357 g/mol. The van der Waals surface area contributed by atoms with Crippen LogP contribution in [0.4, 0.5) is 4.39 Å². The van der Waals surface area contributed by atoms with E-state index >= 15 is 0 Å². The second kappa shape index (κ2) is 6.69. The van der Waals surface area contributed by atoms with E-state index in [0.717, 1.165) is 40.8 Å². The SMILES string of the molecule is CC1CCN(Cc2nc3scc(-c4ccc(F)cc4)c3c(=O)[nH]2)CC1. The summed E-state index contributed by atoms with van der Waals surface area (Å²) in [6.45, 7) is 5.07. The second-order valence-electron chi connectivity index (χ2n) is 6.81. The standard InChI is InChI=1S/C19H20FN3OS/c1-12-6-8-23(9-7-12)10-16-21-18(24)17-15(11-25-19(17)22-16)13-2-4-14(20)5-3-13/h2-5,11-12H,6-10H2,1H3,(H,21,22,24). The zero-order valence-electron chi connectivity index (χ0n) is 14.1. The van der Waals surface area contributed by atoms with Crippen molar-refractivity contribution >= 4 is 21.6 Å². The van der Waals surface area contributed by atoms with Crippen molar-refractivity contribution in [2.45, 2.75) is 26.3 Å². The summed E-state index contributed by atoms with van der Waals surface area (Å²) in [5.74, 6) is 1.22. The molecule has 3 heterocycles. The van der Waals surface area contributed by atoms with E-state index in [4.69, 9.17) is 0 Å². The van der Waals surface area contributed by atoms with Crippen LogP contribution in [0.1, 0.15) is 25.6 Å². The van der Waals surface area contributed by atoms with Gasteiger partial charge >= 0.3 is 0 Å². The highest BCUT2D eigenvalue weighted by Gasteiger charge is 2.18. The van der Waals surface area contributed by atoms with Crippen LogP contribution in [-0.4, -0.2) is 28.0 Å². The maximum atomic E-state index is 13.1. The molecule has 1 aromatic carbocycles. The largest absolute Gasteiger partial charge is 0.309 e. The first-order valence-electron chi connectivity index (χ1n) is 8.59. The van der Waals surface area contributed by atoms with Gasteiger partial charge < -0.3 is 4.98 Å². The maximum absolute atomic E-state index is 13.1. The van der Waals surface area contributed by atoms with Gasteiger partial charge in [-0.3, -0.25) is 9.69 Å². The third kappa shape index (κ3) is 3.37. The average Bonchev–Trinajstić information content (AvgIpc) is 3.02. The van der Waals surface area contributed by atoms with Crippen molar-refractivity contribution in [2.75, 3.05) is 13.1 Å². The van der Waals surface area contributed by atoms with Crippen molar-refractivity contribution < 1.29 is 4.39 Å². The Morgan fingerprint density at radius 3 is 2.72 bits per heavy atom. The topological polar surface area (TPSA) is 49.0 Å². The third-order valence-electron chi connectivity index (χ3n) is 4.90. The van der Waals surface area contributed by atoms with Crippen LogP contribution in [0.15, 0.2) is 34.4 Å². The molecule has 4 nitrogen and oxygen atoms in total. The van der Waals surface area contributed by atoms with Gasteiger partial charge in [-0.15, -0.1) is 11.3 Å². The molecule has 0 amide bonds. The van der Waals surface area contributed by atoms with Crippen LogP contribution >= 0.6 is 11.3 Å². The van der Waals surface area contributed by atoms with Crippen molar-refractivity contribution in [3.63, 3.8) is 0 Å². The quantitative estimate of drug-likeness (QED) is 0.770. The summed E-state index contributed by atoms with van der Waals surface area (Å²) in [5.41, 5.74) is 1.52. The van der Waals surface area contributed by atoms with E-state index in [9.17, 15) is 9.18 Å². The van der Waals surface area contributed by atoms with Crippen molar-refractivity contribution in [3.05, 3.63) is 51.6 Å². The Morgan fingerprint density at radius 2 is 2.00 bits per heavy atom. The molecule has 0 radical (unpaired) electrons. The molecule has 0 spiro atoms. The van der Waals surface area contributed by atoms with E-state index in [0.29, 0.717) is 11.9 Å². The third-order valence-corrected chi connectivity index (χ3v) is 5.77.